The lowest BCUT2D eigenvalue weighted by Gasteiger charge is -2.09. The summed E-state index contributed by atoms with van der Waals surface area (Å²) in [6.07, 6.45) is 18.5. The molecule has 0 saturated carbocycles. The van der Waals surface area contributed by atoms with Gasteiger partial charge in [-0.25, -0.2) is 0 Å². The van der Waals surface area contributed by atoms with Gasteiger partial charge in [0.05, 0.1) is 23.7 Å². The van der Waals surface area contributed by atoms with E-state index in [4.69, 9.17) is 20.4 Å². The zero-order chi connectivity index (χ0) is 62.1. The molecule has 444 valence electrons. The van der Waals surface area contributed by atoms with E-state index in [2.05, 4.69) is 75.3 Å². The highest BCUT2D eigenvalue weighted by atomic mass is 16.4. The molecule has 12 nitrogen and oxygen atoms in total. The fourth-order valence-electron chi connectivity index (χ4n) is 8.40. The number of rotatable bonds is 18. The number of carboxylic acid groups (broad SMARTS) is 4. The highest BCUT2D eigenvalue weighted by Crippen LogP contribution is 2.22. The third kappa shape index (κ3) is 27.0. The normalized spacial score (nSPS) is 11.9. The Kier molecular flexibility index (Phi) is 31.0. The molecule has 84 heavy (non-hydrogen) atoms. The lowest BCUT2D eigenvalue weighted by atomic mass is 9.97. The average molecular weight is 1140 g/mol. The molecular formula is C72H88N4O8. The summed E-state index contributed by atoms with van der Waals surface area (Å²) in [4.78, 5) is 58.9. The van der Waals surface area contributed by atoms with E-state index in [-0.39, 0.29) is 0 Å². The van der Waals surface area contributed by atoms with Crippen LogP contribution in [0.15, 0.2) is 195 Å². The van der Waals surface area contributed by atoms with Crippen LogP contribution in [0.3, 0.4) is 0 Å². The molecule has 8 aromatic rings. The van der Waals surface area contributed by atoms with E-state index >= 15 is 0 Å². The van der Waals surface area contributed by atoms with Crippen LogP contribution in [0.2, 0.25) is 0 Å². The number of hydrogen-bond acceptors (Lipinski definition) is 8. The van der Waals surface area contributed by atoms with E-state index < -0.39 is 47.5 Å². The molecule has 4 heterocycles. The quantitative estimate of drug-likeness (QED) is 0.0634. The molecule has 0 aliphatic carbocycles. The Balaban J connectivity index is 0.000000265. The van der Waals surface area contributed by atoms with Crippen LogP contribution >= 0.6 is 0 Å². The molecule has 0 bridgehead atoms. The van der Waals surface area contributed by atoms with E-state index in [1.54, 1.807) is 77.3 Å². The fraction of sp³-hybridized carbons (Fsp3) is 0.333. The van der Waals surface area contributed by atoms with Crippen LogP contribution in [0.25, 0.3) is 22.3 Å². The van der Waals surface area contributed by atoms with Gasteiger partial charge in [-0.2, -0.15) is 0 Å². The summed E-state index contributed by atoms with van der Waals surface area (Å²) >= 11 is 0. The van der Waals surface area contributed by atoms with Gasteiger partial charge in [0.15, 0.2) is 0 Å². The molecule has 12 heteroatoms. The number of aliphatic carboxylic acids is 4. The first kappa shape index (κ1) is 69.6. The highest BCUT2D eigenvalue weighted by molar-refractivity contribution is 5.77. The number of hydrogen-bond donors (Lipinski definition) is 4. The number of nitrogens with zero attached hydrogens (tertiary/aromatic N) is 4. The molecule has 0 aliphatic rings. The van der Waals surface area contributed by atoms with E-state index in [1.807, 2.05) is 146 Å². The topological polar surface area (TPSA) is 201 Å². The monoisotopic (exact) mass is 1140 g/mol. The van der Waals surface area contributed by atoms with Crippen LogP contribution in [-0.4, -0.2) is 64.2 Å². The lowest BCUT2D eigenvalue weighted by Crippen LogP contribution is -2.07. The zero-order valence-corrected chi connectivity index (χ0v) is 51.1. The Morgan fingerprint density at radius 1 is 0.262 bits per heavy atom. The molecule has 0 aliphatic heterocycles. The average Bonchev–Trinajstić information content (AvgIpc) is 3.63. The molecule has 0 amide bonds. The van der Waals surface area contributed by atoms with Crippen molar-refractivity contribution in [2.45, 2.75) is 132 Å². The largest absolute Gasteiger partial charge is 0.481 e. The molecular weight excluding hydrogens is 1050 g/mol. The second kappa shape index (κ2) is 37.5. The van der Waals surface area contributed by atoms with Gasteiger partial charge in [0.2, 0.25) is 0 Å². The van der Waals surface area contributed by atoms with E-state index in [0.29, 0.717) is 23.7 Å². The number of aromatic nitrogens is 4. The number of carbonyl (C=O) groups is 4. The van der Waals surface area contributed by atoms with Gasteiger partial charge in [0.1, 0.15) is 0 Å². The standard InChI is InChI=1S/4C13H18O2.2C10H8N2/c4*1-9(2)8-11-4-6-12(7-5-11)10(3)13(14)15;2*1-5-11-6-2-9(1)10-3-7-12-8-4-10/h4*4-7,9-10H,8H2,1-3H3,(H,14,15);2*1-8H/t4*10-;;/m1100../s1. The third-order valence-electron chi connectivity index (χ3n) is 13.4. The number of carboxylic acids is 4. The first-order valence-electron chi connectivity index (χ1n) is 28.8. The Hall–Kier alpha value is -8.64. The van der Waals surface area contributed by atoms with Gasteiger partial charge < -0.3 is 20.4 Å². The summed E-state index contributed by atoms with van der Waals surface area (Å²) in [6, 6.07) is 47.3. The van der Waals surface area contributed by atoms with Crippen molar-refractivity contribution in [3.05, 3.63) is 240 Å². The molecule has 4 N–H and O–H groups in total. The Morgan fingerprint density at radius 3 is 0.524 bits per heavy atom. The minimum atomic E-state index is -0.772. The predicted octanol–water partition coefficient (Wildman–Crippen LogP) is 16.6. The second-order valence-electron chi connectivity index (χ2n) is 22.5. The molecule has 4 atom stereocenters. The van der Waals surface area contributed by atoms with Gasteiger partial charge in [0.25, 0.3) is 0 Å². The third-order valence-corrected chi connectivity index (χ3v) is 13.4. The summed E-state index contributed by atoms with van der Waals surface area (Å²) in [5.41, 5.74) is 13.3. The van der Waals surface area contributed by atoms with Crippen molar-refractivity contribution in [3.8, 4) is 22.3 Å². The SMILES string of the molecule is CC(C)Cc1ccc([C@@H](C)C(=O)O)cc1.CC(C)Cc1ccc([C@@H](C)C(=O)O)cc1.CC(C)Cc1ccc([C@H](C)C(=O)O)cc1.CC(C)Cc1ccc([C@H](C)C(=O)O)cc1.c1cc(-c2ccncc2)ccn1.c1cc(-c2ccncc2)ccn1. The number of pyridine rings is 4. The Bertz CT molecular complexity index is 2670. The summed E-state index contributed by atoms with van der Waals surface area (Å²) in [5, 5.41) is 35.4. The van der Waals surface area contributed by atoms with E-state index in [0.717, 1.165) is 47.9 Å². The van der Waals surface area contributed by atoms with Crippen molar-refractivity contribution >= 4 is 23.9 Å². The van der Waals surface area contributed by atoms with Gasteiger partial charge in [-0.15, -0.1) is 0 Å². The van der Waals surface area contributed by atoms with Gasteiger partial charge in [-0.1, -0.05) is 152 Å². The lowest BCUT2D eigenvalue weighted by molar-refractivity contribution is -0.139. The highest BCUT2D eigenvalue weighted by Gasteiger charge is 2.16. The summed E-state index contributed by atoms with van der Waals surface area (Å²) < 4.78 is 0. The molecule has 0 unspecified atom stereocenters. The van der Waals surface area contributed by atoms with Crippen molar-refractivity contribution in [1.82, 2.24) is 19.9 Å². The predicted molar refractivity (Wildman–Crippen MR) is 339 cm³/mol. The van der Waals surface area contributed by atoms with Crippen LogP contribution in [0.1, 0.15) is 151 Å². The van der Waals surface area contributed by atoms with Crippen LogP contribution in [-0.2, 0) is 44.9 Å². The smallest absolute Gasteiger partial charge is 0.310 e. The Morgan fingerprint density at radius 2 is 0.405 bits per heavy atom. The first-order chi connectivity index (χ1) is 39.9. The van der Waals surface area contributed by atoms with Crippen LogP contribution in [0.5, 0.6) is 0 Å². The van der Waals surface area contributed by atoms with Crippen molar-refractivity contribution in [3.63, 3.8) is 0 Å². The molecule has 8 rings (SSSR count). The van der Waals surface area contributed by atoms with E-state index in [9.17, 15) is 19.2 Å². The van der Waals surface area contributed by atoms with Crippen molar-refractivity contribution < 1.29 is 39.6 Å². The molecule has 0 fully saturated rings. The van der Waals surface area contributed by atoms with Crippen molar-refractivity contribution in [2.75, 3.05) is 0 Å². The van der Waals surface area contributed by atoms with Gasteiger partial charge in [-0.05, 0) is 192 Å². The fourth-order valence-corrected chi connectivity index (χ4v) is 8.40. The maximum atomic E-state index is 10.8. The summed E-state index contributed by atoms with van der Waals surface area (Å²) in [5.74, 6) is -2.23. The first-order valence-corrected chi connectivity index (χ1v) is 28.8. The zero-order valence-electron chi connectivity index (χ0n) is 51.1. The Labute approximate surface area is 499 Å². The van der Waals surface area contributed by atoms with Crippen molar-refractivity contribution in [1.29, 1.82) is 0 Å². The summed E-state index contributed by atoms with van der Waals surface area (Å²) in [6.45, 7) is 24.2. The van der Waals surface area contributed by atoms with Gasteiger partial charge in [0, 0.05) is 49.6 Å². The summed E-state index contributed by atoms with van der Waals surface area (Å²) in [7, 11) is 0. The van der Waals surface area contributed by atoms with Gasteiger partial charge >= 0.3 is 23.9 Å². The van der Waals surface area contributed by atoms with Crippen LogP contribution < -0.4 is 0 Å². The van der Waals surface area contributed by atoms with Crippen LogP contribution in [0.4, 0.5) is 0 Å². The maximum absolute atomic E-state index is 10.8. The van der Waals surface area contributed by atoms with Crippen molar-refractivity contribution in [2.24, 2.45) is 23.7 Å². The number of benzene rings is 4. The maximum Gasteiger partial charge on any atom is 0.310 e. The molecule has 0 radical (unpaired) electrons. The van der Waals surface area contributed by atoms with E-state index in [1.165, 1.54) is 44.5 Å². The minimum Gasteiger partial charge on any atom is -0.481 e. The molecule has 4 aromatic heterocycles. The van der Waals surface area contributed by atoms with Gasteiger partial charge in [-0.3, -0.25) is 39.1 Å². The second-order valence-corrected chi connectivity index (χ2v) is 22.5. The molecule has 0 spiro atoms. The molecule has 0 saturated heterocycles. The molecule has 4 aromatic carbocycles. The van der Waals surface area contributed by atoms with Crippen LogP contribution in [0, 0.1) is 23.7 Å². The minimum absolute atomic E-state index is 0.418.